The molecule has 10 heavy (non-hydrogen) atoms. The van der Waals surface area contributed by atoms with E-state index in [2.05, 4.69) is 25.7 Å². The van der Waals surface area contributed by atoms with Crippen LogP contribution in [0, 0.1) is 0 Å². The fourth-order valence-corrected chi connectivity index (χ4v) is 0.633. The third-order valence-electron chi connectivity index (χ3n) is 1.07. The number of aromatic hydroxyl groups is 1. The molecular formula is C4H2N5O. The monoisotopic (exact) mass is 136 g/mol. The molecule has 2 rings (SSSR count). The van der Waals surface area contributed by atoms with E-state index in [9.17, 15) is 0 Å². The molecule has 6 heteroatoms. The van der Waals surface area contributed by atoms with Gasteiger partial charge in [0.1, 0.15) is 6.33 Å². The summed E-state index contributed by atoms with van der Waals surface area (Å²) in [5, 5.41) is 15.7. The van der Waals surface area contributed by atoms with Gasteiger partial charge in [-0.1, -0.05) is 0 Å². The summed E-state index contributed by atoms with van der Waals surface area (Å²) < 4.78 is 0. The minimum atomic E-state index is -0.185. The summed E-state index contributed by atoms with van der Waals surface area (Å²) in [6.45, 7) is 0. The van der Waals surface area contributed by atoms with Gasteiger partial charge in [-0.3, -0.25) is 0 Å². The van der Waals surface area contributed by atoms with Crippen LogP contribution in [-0.4, -0.2) is 15.1 Å². The molecule has 0 fully saturated rings. The summed E-state index contributed by atoms with van der Waals surface area (Å²) in [5.41, 5.74) is 3.75. The maximum atomic E-state index is 8.97. The second-order valence-electron chi connectivity index (χ2n) is 1.66. The van der Waals surface area contributed by atoms with E-state index in [1.54, 1.807) is 0 Å². The number of hydrogen-bond donors (Lipinski definition) is 1. The lowest BCUT2D eigenvalue weighted by Crippen LogP contribution is -1.85. The third kappa shape index (κ3) is 0.524. The van der Waals surface area contributed by atoms with Crippen LogP contribution in [0.4, 0.5) is 11.5 Å². The van der Waals surface area contributed by atoms with Gasteiger partial charge in [-0.25, -0.2) is 4.98 Å². The zero-order valence-corrected chi connectivity index (χ0v) is 4.76. The number of aromatic nitrogens is 2. The lowest BCUT2D eigenvalue weighted by atomic mass is 10.5. The molecule has 0 saturated carbocycles. The van der Waals surface area contributed by atoms with Gasteiger partial charge in [0.05, 0.1) is 0 Å². The predicted molar refractivity (Wildman–Crippen MR) is 30.0 cm³/mol. The van der Waals surface area contributed by atoms with Gasteiger partial charge < -0.3 is 5.11 Å². The molecule has 0 spiro atoms. The fourth-order valence-electron chi connectivity index (χ4n) is 0.633. The highest BCUT2D eigenvalue weighted by atomic mass is 16.3. The van der Waals surface area contributed by atoms with Crippen LogP contribution in [-0.2, 0) is 0 Å². The van der Waals surface area contributed by atoms with E-state index in [0.717, 1.165) is 0 Å². The van der Waals surface area contributed by atoms with E-state index in [1.807, 2.05) is 0 Å². The molecule has 1 aromatic rings. The molecule has 1 N–H and O–H groups in total. The van der Waals surface area contributed by atoms with Crippen molar-refractivity contribution in [2.45, 2.75) is 0 Å². The van der Waals surface area contributed by atoms with Crippen molar-refractivity contribution in [3.63, 3.8) is 0 Å². The summed E-state index contributed by atoms with van der Waals surface area (Å²) in [6.07, 6.45) is 1.20. The largest absolute Gasteiger partial charge is 0.492 e. The Morgan fingerprint density at radius 3 is 3.00 bits per heavy atom. The topological polar surface area (TPSA) is 84.8 Å². The van der Waals surface area contributed by atoms with Crippen molar-refractivity contribution < 1.29 is 5.11 Å². The van der Waals surface area contributed by atoms with Gasteiger partial charge in [0, 0.05) is 0 Å². The van der Waals surface area contributed by atoms with E-state index < -0.39 is 0 Å². The first-order chi connectivity index (χ1) is 4.88. The molecule has 0 atom stereocenters. The lowest BCUT2D eigenvalue weighted by molar-refractivity contribution is 0.454. The Hall–Kier alpha value is -1.72. The van der Waals surface area contributed by atoms with E-state index in [0.29, 0.717) is 5.82 Å². The standard InChI is InChI=1S/C4H2N5O/c10-4-2-3(5-1-6-4)8-9-7-2/h1H,(H,5,6,10). The van der Waals surface area contributed by atoms with Gasteiger partial charge in [-0.05, 0) is 5.22 Å². The average molecular weight is 136 g/mol. The Labute approximate surface area is 55.6 Å². The SMILES string of the molecule is Oc1ncnc2c1N=N[N]2. The van der Waals surface area contributed by atoms with Crippen LogP contribution in [0.5, 0.6) is 5.88 Å². The van der Waals surface area contributed by atoms with Crippen molar-refractivity contribution in [2.24, 2.45) is 10.3 Å². The Bertz CT molecular complexity index is 296. The summed E-state index contributed by atoms with van der Waals surface area (Å²) >= 11 is 0. The van der Waals surface area contributed by atoms with E-state index in [1.165, 1.54) is 6.33 Å². The van der Waals surface area contributed by atoms with Gasteiger partial charge >= 0.3 is 0 Å². The fraction of sp³-hybridized carbons (Fsp3) is 0. The Balaban J connectivity index is 2.67. The van der Waals surface area contributed by atoms with E-state index in [-0.39, 0.29) is 11.6 Å². The minimum absolute atomic E-state index is 0.185. The highest BCUT2D eigenvalue weighted by molar-refractivity contribution is 5.62. The molecule has 0 bridgehead atoms. The number of nitrogens with zero attached hydrogens (tertiary/aromatic N) is 5. The molecule has 0 amide bonds. The molecule has 49 valence electrons. The average Bonchev–Trinajstić information content (AvgIpc) is 2.36. The number of fused-ring (bicyclic) bond motifs is 1. The molecule has 0 aliphatic carbocycles. The Morgan fingerprint density at radius 2 is 2.20 bits per heavy atom. The summed E-state index contributed by atoms with van der Waals surface area (Å²) in [7, 11) is 0. The van der Waals surface area contributed by atoms with Gasteiger partial charge in [0.2, 0.25) is 11.7 Å². The molecule has 6 nitrogen and oxygen atoms in total. The van der Waals surface area contributed by atoms with Crippen LogP contribution in [0.1, 0.15) is 0 Å². The number of hydrogen-bond acceptors (Lipinski definition) is 5. The van der Waals surface area contributed by atoms with Crippen LogP contribution in [0.25, 0.3) is 0 Å². The molecular weight excluding hydrogens is 134 g/mol. The van der Waals surface area contributed by atoms with E-state index in [4.69, 9.17) is 5.11 Å². The maximum absolute atomic E-state index is 8.97. The summed E-state index contributed by atoms with van der Waals surface area (Å²) in [4.78, 5) is 7.18. The first kappa shape index (κ1) is 5.10. The number of rotatable bonds is 0. The van der Waals surface area contributed by atoms with E-state index >= 15 is 0 Å². The van der Waals surface area contributed by atoms with Gasteiger partial charge in [0.25, 0.3) is 0 Å². The minimum Gasteiger partial charge on any atom is -0.492 e. The Morgan fingerprint density at radius 1 is 1.30 bits per heavy atom. The van der Waals surface area contributed by atoms with Crippen molar-refractivity contribution in [2.75, 3.05) is 0 Å². The Kier molecular flexibility index (Phi) is 0.830. The zero-order chi connectivity index (χ0) is 6.97. The molecule has 1 aliphatic rings. The molecule has 1 radical (unpaired) electrons. The smallest absolute Gasteiger partial charge is 0.245 e. The molecule has 0 aromatic carbocycles. The first-order valence-electron chi connectivity index (χ1n) is 2.53. The van der Waals surface area contributed by atoms with Crippen LogP contribution in [0.2, 0.25) is 0 Å². The lowest BCUT2D eigenvalue weighted by Gasteiger charge is -1.91. The zero-order valence-electron chi connectivity index (χ0n) is 4.76. The van der Waals surface area contributed by atoms with Gasteiger partial charge in [0.15, 0.2) is 5.69 Å². The first-order valence-corrected chi connectivity index (χ1v) is 2.53. The predicted octanol–water partition coefficient (Wildman–Crippen LogP) is 0.430. The normalized spacial score (nSPS) is 12.8. The second kappa shape index (κ2) is 1.63. The van der Waals surface area contributed by atoms with Crippen LogP contribution >= 0.6 is 0 Å². The summed E-state index contributed by atoms with van der Waals surface area (Å²) in [6, 6.07) is 0. The maximum Gasteiger partial charge on any atom is 0.245 e. The van der Waals surface area contributed by atoms with Crippen molar-refractivity contribution in [3.8, 4) is 5.88 Å². The van der Waals surface area contributed by atoms with Crippen LogP contribution in [0.15, 0.2) is 16.7 Å². The highest BCUT2D eigenvalue weighted by Gasteiger charge is 2.15. The molecule has 0 unspecified atom stereocenters. The molecule has 1 aromatic heterocycles. The highest BCUT2D eigenvalue weighted by Crippen LogP contribution is 2.34. The van der Waals surface area contributed by atoms with Crippen molar-refractivity contribution in [1.29, 1.82) is 0 Å². The van der Waals surface area contributed by atoms with Crippen molar-refractivity contribution >= 4 is 11.5 Å². The van der Waals surface area contributed by atoms with Gasteiger partial charge in [-0.2, -0.15) is 4.98 Å². The van der Waals surface area contributed by atoms with Gasteiger partial charge in [-0.15, -0.1) is 10.5 Å². The molecule has 0 saturated heterocycles. The molecule has 1 aliphatic heterocycles. The van der Waals surface area contributed by atoms with Crippen molar-refractivity contribution in [3.05, 3.63) is 6.33 Å². The molecule has 2 heterocycles. The summed E-state index contributed by atoms with van der Waals surface area (Å²) in [5.74, 6) is 0.127. The third-order valence-corrected chi connectivity index (χ3v) is 1.07. The second-order valence-corrected chi connectivity index (χ2v) is 1.66. The van der Waals surface area contributed by atoms with Crippen molar-refractivity contribution in [1.82, 2.24) is 15.4 Å². The van der Waals surface area contributed by atoms with Crippen LogP contribution in [0.3, 0.4) is 0 Å². The van der Waals surface area contributed by atoms with Crippen LogP contribution < -0.4 is 5.43 Å². The quantitative estimate of drug-likeness (QED) is 0.561.